The second kappa shape index (κ2) is 7.79. The fraction of sp³-hybridized carbons (Fsp3) is 0.429. The Hall–Kier alpha value is -1.69. The minimum Gasteiger partial charge on any atom is -0.496 e. The average molecular weight is 297 g/mol. The van der Waals surface area contributed by atoms with E-state index in [2.05, 4.69) is 5.32 Å². The number of amides is 1. The summed E-state index contributed by atoms with van der Waals surface area (Å²) in [6, 6.07) is 4.16. The third-order valence-corrected chi connectivity index (χ3v) is 3.53. The maximum Gasteiger partial charge on any atom is 0.326 e. The van der Waals surface area contributed by atoms with Gasteiger partial charge in [-0.1, -0.05) is 6.07 Å². The van der Waals surface area contributed by atoms with Crippen LogP contribution >= 0.6 is 11.8 Å². The molecular formula is C14H19NO4S. The van der Waals surface area contributed by atoms with E-state index in [-0.39, 0.29) is 0 Å². The van der Waals surface area contributed by atoms with Gasteiger partial charge in [-0.25, -0.2) is 4.79 Å². The highest BCUT2D eigenvalue weighted by molar-refractivity contribution is 7.98. The van der Waals surface area contributed by atoms with Gasteiger partial charge in [0.1, 0.15) is 11.8 Å². The number of methoxy groups -OCH3 is 1. The summed E-state index contributed by atoms with van der Waals surface area (Å²) in [5.74, 6) is -0.147. The maximum atomic E-state index is 12.1. The predicted molar refractivity (Wildman–Crippen MR) is 79.6 cm³/mol. The molecule has 1 aromatic rings. The van der Waals surface area contributed by atoms with Crippen LogP contribution in [0.1, 0.15) is 22.3 Å². The molecule has 0 aliphatic rings. The fourth-order valence-electron chi connectivity index (χ4n) is 1.70. The van der Waals surface area contributed by atoms with Crippen LogP contribution in [0.3, 0.4) is 0 Å². The monoisotopic (exact) mass is 297 g/mol. The summed E-state index contributed by atoms with van der Waals surface area (Å²) in [5.41, 5.74) is 1.31. The van der Waals surface area contributed by atoms with Crippen LogP contribution in [0.5, 0.6) is 5.75 Å². The topological polar surface area (TPSA) is 75.6 Å². The Balaban J connectivity index is 2.80. The molecule has 0 aromatic heterocycles. The molecule has 0 unspecified atom stereocenters. The van der Waals surface area contributed by atoms with Crippen LogP contribution in [0, 0.1) is 6.92 Å². The number of nitrogens with one attached hydrogen (secondary N) is 1. The van der Waals surface area contributed by atoms with Crippen molar-refractivity contribution >= 4 is 23.6 Å². The molecular weight excluding hydrogens is 278 g/mol. The smallest absolute Gasteiger partial charge is 0.326 e. The minimum absolute atomic E-state index is 0.392. The van der Waals surface area contributed by atoms with Gasteiger partial charge < -0.3 is 15.2 Å². The Morgan fingerprint density at radius 1 is 1.45 bits per heavy atom. The second-order valence-corrected chi connectivity index (χ2v) is 5.32. The number of aliphatic carboxylic acids is 1. The standard InChI is InChI=1S/C14H19NO4S/c1-9-4-5-10(8-12(9)19-2)13(16)15-11(14(17)18)6-7-20-3/h4-5,8,11H,6-7H2,1-3H3,(H,15,16)(H,17,18)/t11-/m0/s1. The zero-order valence-corrected chi connectivity index (χ0v) is 12.6. The van der Waals surface area contributed by atoms with Crippen molar-refractivity contribution in [1.82, 2.24) is 5.32 Å². The lowest BCUT2D eigenvalue weighted by Gasteiger charge is -2.14. The molecule has 1 amide bonds. The summed E-state index contributed by atoms with van der Waals surface area (Å²) >= 11 is 1.54. The van der Waals surface area contributed by atoms with Crippen molar-refractivity contribution in [3.63, 3.8) is 0 Å². The van der Waals surface area contributed by atoms with Crippen LogP contribution in [0.4, 0.5) is 0 Å². The number of benzene rings is 1. The predicted octanol–water partition coefficient (Wildman–Crippen LogP) is 1.94. The fourth-order valence-corrected chi connectivity index (χ4v) is 2.17. The van der Waals surface area contributed by atoms with Gasteiger partial charge in [0.15, 0.2) is 0 Å². The SMILES string of the molecule is COc1cc(C(=O)N[C@@H](CCSC)C(=O)O)ccc1C. The van der Waals surface area contributed by atoms with Crippen LogP contribution in [0.15, 0.2) is 18.2 Å². The first-order valence-corrected chi connectivity index (χ1v) is 7.56. The Kier molecular flexibility index (Phi) is 6.38. The van der Waals surface area contributed by atoms with Crippen molar-refractivity contribution in [3.8, 4) is 5.75 Å². The highest BCUT2D eigenvalue weighted by Crippen LogP contribution is 2.19. The van der Waals surface area contributed by atoms with E-state index in [1.807, 2.05) is 13.2 Å². The van der Waals surface area contributed by atoms with Crippen LogP contribution in [-0.2, 0) is 4.79 Å². The highest BCUT2D eigenvalue weighted by Gasteiger charge is 2.20. The summed E-state index contributed by atoms with van der Waals surface area (Å²) in [6.07, 6.45) is 2.29. The second-order valence-electron chi connectivity index (χ2n) is 4.33. The number of hydrogen-bond donors (Lipinski definition) is 2. The number of thioether (sulfide) groups is 1. The summed E-state index contributed by atoms with van der Waals surface area (Å²) in [5, 5.41) is 11.6. The third-order valence-electron chi connectivity index (χ3n) is 2.88. The Labute approximate surface area is 122 Å². The van der Waals surface area contributed by atoms with E-state index in [4.69, 9.17) is 9.84 Å². The molecule has 1 aromatic carbocycles. The zero-order valence-electron chi connectivity index (χ0n) is 11.8. The molecule has 2 N–H and O–H groups in total. The molecule has 110 valence electrons. The Morgan fingerprint density at radius 3 is 2.70 bits per heavy atom. The lowest BCUT2D eigenvalue weighted by molar-refractivity contribution is -0.139. The molecule has 1 rings (SSSR count). The van der Waals surface area contributed by atoms with Gasteiger partial charge in [-0.05, 0) is 43.0 Å². The number of carboxylic acid groups (broad SMARTS) is 1. The maximum absolute atomic E-state index is 12.1. The van der Waals surface area contributed by atoms with Gasteiger partial charge in [-0.2, -0.15) is 11.8 Å². The van der Waals surface area contributed by atoms with Crippen molar-refractivity contribution in [2.75, 3.05) is 19.1 Å². The van der Waals surface area contributed by atoms with Gasteiger partial charge >= 0.3 is 5.97 Å². The summed E-state index contributed by atoms with van der Waals surface area (Å²) in [7, 11) is 1.53. The zero-order chi connectivity index (χ0) is 15.1. The van der Waals surface area contributed by atoms with Gasteiger partial charge in [0.05, 0.1) is 7.11 Å². The van der Waals surface area contributed by atoms with Crippen molar-refractivity contribution < 1.29 is 19.4 Å². The molecule has 0 heterocycles. The number of hydrogen-bond acceptors (Lipinski definition) is 4. The highest BCUT2D eigenvalue weighted by atomic mass is 32.2. The number of carbonyl (C=O) groups excluding carboxylic acids is 1. The summed E-state index contributed by atoms with van der Waals surface area (Å²) in [6.45, 7) is 1.87. The molecule has 0 bridgehead atoms. The molecule has 5 nitrogen and oxygen atoms in total. The molecule has 1 atom stereocenters. The van der Waals surface area contributed by atoms with Crippen LogP contribution in [-0.4, -0.2) is 42.1 Å². The van der Waals surface area contributed by atoms with E-state index in [0.29, 0.717) is 23.5 Å². The molecule has 20 heavy (non-hydrogen) atoms. The van der Waals surface area contributed by atoms with E-state index < -0.39 is 17.9 Å². The largest absolute Gasteiger partial charge is 0.496 e. The number of carbonyl (C=O) groups is 2. The summed E-state index contributed by atoms with van der Waals surface area (Å²) in [4.78, 5) is 23.2. The molecule has 0 spiro atoms. The van der Waals surface area contributed by atoms with E-state index >= 15 is 0 Å². The normalized spacial score (nSPS) is 11.8. The molecule has 0 aliphatic carbocycles. The first kappa shape index (κ1) is 16.4. The molecule has 0 saturated carbocycles. The third kappa shape index (κ3) is 4.45. The lowest BCUT2D eigenvalue weighted by atomic mass is 10.1. The van der Waals surface area contributed by atoms with Gasteiger partial charge in [-0.15, -0.1) is 0 Å². The first-order chi connectivity index (χ1) is 9.49. The van der Waals surface area contributed by atoms with Gasteiger partial charge in [-0.3, -0.25) is 4.79 Å². The number of carboxylic acids is 1. The minimum atomic E-state index is -1.02. The number of aryl methyl sites for hydroxylation is 1. The molecule has 6 heteroatoms. The van der Waals surface area contributed by atoms with Gasteiger partial charge in [0, 0.05) is 5.56 Å². The van der Waals surface area contributed by atoms with Crippen molar-refractivity contribution in [2.24, 2.45) is 0 Å². The van der Waals surface area contributed by atoms with Gasteiger partial charge in [0.25, 0.3) is 5.91 Å². The van der Waals surface area contributed by atoms with Crippen molar-refractivity contribution in [1.29, 1.82) is 0 Å². The Bertz CT molecular complexity index is 490. The van der Waals surface area contributed by atoms with E-state index in [9.17, 15) is 9.59 Å². The van der Waals surface area contributed by atoms with Crippen molar-refractivity contribution in [3.05, 3.63) is 29.3 Å². The molecule has 0 saturated heterocycles. The van der Waals surface area contributed by atoms with Gasteiger partial charge in [0.2, 0.25) is 0 Å². The van der Waals surface area contributed by atoms with Crippen molar-refractivity contribution in [2.45, 2.75) is 19.4 Å². The van der Waals surface area contributed by atoms with E-state index in [1.165, 1.54) is 7.11 Å². The Morgan fingerprint density at radius 2 is 2.15 bits per heavy atom. The first-order valence-electron chi connectivity index (χ1n) is 6.16. The van der Waals surface area contributed by atoms with Crippen LogP contribution < -0.4 is 10.1 Å². The lowest BCUT2D eigenvalue weighted by Crippen LogP contribution is -2.41. The van der Waals surface area contributed by atoms with Crippen LogP contribution in [0.25, 0.3) is 0 Å². The average Bonchev–Trinajstić information content (AvgIpc) is 2.43. The number of ether oxygens (including phenoxy) is 1. The van der Waals surface area contributed by atoms with Crippen LogP contribution in [0.2, 0.25) is 0 Å². The number of rotatable bonds is 7. The molecule has 0 fully saturated rings. The summed E-state index contributed by atoms with van der Waals surface area (Å²) < 4.78 is 5.15. The van der Waals surface area contributed by atoms with E-state index in [1.54, 1.807) is 30.0 Å². The molecule has 0 radical (unpaired) electrons. The molecule has 0 aliphatic heterocycles. The van der Waals surface area contributed by atoms with E-state index in [0.717, 1.165) is 5.56 Å². The quantitative estimate of drug-likeness (QED) is 0.804.